The first-order valence-electron chi connectivity index (χ1n) is 8.22. The molecule has 9 heteroatoms. The van der Waals surface area contributed by atoms with Crippen molar-refractivity contribution in [2.75, 3.05) is 5.32 Å². The van der Waals surface area contributed by atoms with Gasteiger partial charge in [0.1, 0.15) is 0 Å². The standard InChI is InChI=1S/C17H20N6O3/c1-9(2)7-12-10(3)18-17-20-16(21-23(17)15(12)26)19-14(25)11-5-6-13(24)22(4)8-11/h5-6,8-9H,7H2,1-4H3,(H2,18,19,20,21,25). The molecule has 2 N–H and O–H groups in total. The Labute approximate surface area is 148 Å². The van der Waals surface area contributed by atoms with Gasteiger partial charge in [-0.3, -0.25) is 24.8 Å². The zero-order valence-electron chi connectivity index (χ0n) is 15.0. The lowest BCUT2D eigenvalue weighted by Gasteiger charge is -2.06. The molecule has 0 unspecified atom stereocenters. The van der Waals surface area contributed by atoms with Gasteiger partial charge in [0.25, 0.3) is 17.2 Å². The number of aryl methyl sites for hydroxylation is 2. The van der Waals surface area contributed by atoms with Crippen molar-refractivity contribution in [1.82, 2.24) is 24.1 Å². The van der Waals surface area contributed by atoms with Gasteiger partial charge in [-0.25, -0.2) is 4.98 Å². The fourth-order valence-electron chi connectivity index (χ4n) is 2.66. The number of rotatable bonds is 4. The van der Waals surface area contributed by atoms with E-state index in [2.05, 4.69) is 20.4 Å². The Morgan fingerprint density at radius 1 is 1.27 bits per heavy atom. The molecule has 0 fully saturated rings. The van der Waals surface area contributed by atoms with Crippen molar-refractivity contribution in [1.29, 1.82) is 0 Å². The third-order valence-electron chi connectivity index (χ3n) is 3.99. The zero-order chi connectivity index (χ0) is 19.0. The zero-order valence-corrected chi connectivity index (χ0v) is 15.0. The molecule has 1 amide bonds. The van der Waals surface area contributed by atoms with Gasteiger partial charge in [-0.1, -0.05) is 13.8 Å². The highest BCUT2D eigenvalue weighted by Gasteiger charge is 2.16. The van der Waals surface area contributed by atoms with E-state index in [0.29, 0.717) is 29.2 Å². The summed E-state index contributed by atoms with van der Waals surface area (Å²) in [4.78, 5) is 44.9. The molecule has 0 spiro atoms. The predicted octanol–water partition coefficient (Wildman–Crippen LogP) is 0.876. The van der Waals surface area contributed by atoms with Crippen LogP contribution in [-0.4, -0.2) is 30.1 Å². The smallest absolute Gasteiger partial charge is 0.277 e. The number of nitrogens with one attached hydrogen (secondary N) is 2. The topological polar surface area (TPSA) is 114 Å². The van der Waals surface area contributed by atoms with Gasteiger partial charge >= 0.3 is 0 Å². The first-order valence-corrected chi connectivity index (χ1v) is 8.22. The summed E-state index contributed by atoms with van der Waals surface area (Å²) in [6, 6.07) is 2.73. The van der Waals surface area contributed by atoms with E-state index in [0.717, 1.165) is 0 Å². The quantitative estimate of drug-likeness (QED) is 0.720. The summed E-state index contributed by atoms with van der Waals surface area (Å²) in [6.07, 6.45) is 2.04. The highest BCUT2D eigenvalue weighted by Crippen LogP contribution is 2.10. The van der Waals surface area contributed by atoms with Crippen LogP contribution in [-0.2, 0) is 13.5 Å². The van der Waals surface area contributed by atoms with Gasteiger partial charge in [0.2, 0.25) is 11.5 Å². The largest absolute Gasteiger partial charge is 0.318 e. The van der Waals surface area contributed by atoms with E-state index in [9.17, 15) is 14.4 Å². The lowest BCUT2D eigenvalue weighted by molar-refractivity contribution is 0.102. The minimum absolute atomic E-state index is 0.106. The number of aromatic nitrogens is 5. The van der Waals surface area contributed by atoms with E-state index in [4.69, 9.17) is 0 Å². The highest BCUT2D eigenvalue weighted by molar-refractivity contribution is 6.03. The van der Waals surface area contributed by atoms with Crippen LogP contribution in [0.5, 0.6) is 0 Å². The summed E-state index contributed by atoms with van der Waals surface area (Å²) in [6.45, 7) is 5.83. The molecular formula is C17H20N6O3. The molecule has 0 aliphatic carbocycles. The van der Waals surface area contributed by atoms with Gasteiger partial charge in [0.05, 0.1) is 11.3 Å². The summed E-state index contributed by atoms with van der Waals surface area (Å²) in [5.41, 5.74) is 1.11. The molecule has 0 aliphatic heterocycles. The van der Waals surface area contributed by atoms with Gasteiger partial charge in [-0.15, -0.1) is 0 Å². The summed E-state index contributed by atoms with van der Waals surface area (Å²) < 4.78 is 2.53. The molecular weight excluding hydrogens is 336 g/mol. The number of hydrogen-bond acceptors (Lipinski definition) is 5. The number of fused-ring (bicyclic) bond motifs is 1. The molecule has 9 nitrogen and oxygen atoms in total. The van der Waals surface area contributed by atoms with Crippen LogP contribution >= 0.6 is 0 Å². The molecule has 0 radical (unpaired) electrons. The van der Waals surface area contributed by atoms with E-state index in [1.807, 2.05) is 13.8 Å². The van der Waals surface area contributed by atoms with E-state index in [1.54, 1.807) is 14.0 Å². The second kappa shape index (κ2) is 6.58. The number of hydrogen-bond donors (Lipinski definition) is 2. The Bertz CT molecular complexity index is 1110. The second-order valence-electron chi connectivity index (χ2n) is 6.61. The summed E-state index contributed by atoms with van der Waals surface area (Å²) in [7, 11) is 1.56. The number of aromatic amines is 1. The lowest BCUT2D eigenvalue weighted by atomic mass is 10.0. The molecule has 136 valence electrons. The van der Waals surface area contributed by atoms with Crippen LogP contribution in [0.3, 0.4) is 0 Å². The minimum atomic E-state index is -0.452. The SMILES string of the molecule is Cc1nc2nc(NC(=O)c3ccc(=O)n(C)c3)[nH]n2c(=O)c1CC(C)C. The number of amides is 1. The van der Waals surface area contributed by atoms with Crippen molar-refractivity contribution in [3.63, 3.8) is 0 Å². The van der Waals surface area contributed by atoms with Crippen LogP contribution in [0.2, 0.25) is 0 Å². The van der Waals surface area contributed by atoms with Crippen molar-refractivity contribution < 1.29 is 4.79 Å². The van der Waals surface area contributed by atoms with Crippen LogP contribution < -0.4 is 16.4 Å². The number of anilines is 1. The second-order valence-corrected chi connectivity index (χ2v) is 6.61. The molecule has 0 aliphatic rings. The summed E-state index contributed by atoms with van der Waals surface area (Å²) in [5, 5.41) is 5.34. The monoisotopic (exact) mass is 356 g/mol. The molecule has 3 heterocycles. The molecule has 3 aromatic rings. The van der Waals surface area contributed by atoms with Gasteiger partial charge in [-0.05, 0) is 25.3 Å². The third-order valence-corrected chi connectivity index (χ3v) is 3.99. The lowest BCUT2D eigenvalue weighted by Crippen LogP contribution is -2.23. The maximum absolute atomic E-state index is 12.6. The number of carbonyl (C=O) groups excluding carboxylic acids is 1. The van der Waals surface area contributed by atoms with E-state index in [-0.39, 0.29) is 22.8 Å². The Morgan fingerprint density at radius 2 is 2.00 bits per heavy atom. The Balaban J connectivity index is 1.95. The normalized spacial score (nSPS) is 11.3. The number of nitrogens with zero attached hydrogens (tertiary/aromatic N) is 4. The van der Waals surface area contributed by atoms with Gasteiger partial charge in [-0.2, -0.15) is 9.50 Å². The van der Waals surface area contributed by atoms with Crippen molar-refractivity contribution >= 4 is 17.6 Å². The van der Waals surface area contributed by atoms with Gasteiger partial charge in [0.15, 0.2) is 0 Å². The van der Waals surface area contributed by atoms with E-state index >= 15 is 0 Å². The Hall–Kier alpha value is -3.23. The Morgan fingerprint density at radius 3 is 2.65 bits per heavy atom. The van der Waals surface area contributed by atoms with Crippen molar-refractivity contribution in [2.24, 2.45) is 13.0 Å². The fourth-order valence-corrected chi connectivity index (χ4v) is 2.66. The van der Waals surface area contributed by atoms with Crippen LogP contribution in [0.15, 0.2) is 27.9 Å². The van der Waals surface area contributed by atoms with E-state index in [1.165, 1.54) is 27.4 Å². The predicted molar refractivity (Wildman–Crippen MR) is 96.5 cm³/mol. The number of carbonyl (C=O) groups is 1. The summed E-state index contributed by atoms with van der Waals surface area (Å²) >= 11 is 0. The molecule has 3 aromatic heterocycles. The van der Waals surface area contributed by atoms with Crippen LogP contribution in [0, 0.1) is 12.8 Å². The maximum Gasteiger partial charge on any atom is 0.277 e. The molecule has 26 heavy (non-hydrogen) atoms. The average molecular weight is 356 g/mol. The first kappa shape index (κ1) is 17.6. The molecule has 0 saturated carbocycles. The molecule has 0 aromatic carbocycles. The molecule has 0 bridgehead atoms. The maximum atomic E-state index is 12.6. The van der Waals surface area contributed by atoms with Crippen LogP contribution in [0.1, 0.15) is 35.5 Å². The summed E-state index contributed by atoms with van der Waals surface area (Å²) in [5.74, 6) is 0.158. The van der Waals surface area contributed by atoms with Crippen molar-refractivity contribution in [3.8, 4) is 0 Å². The highest BCUT2D eigenvalue weighted by atomic mass is 16.2. The third kappa shape index (κ3) is 3.28. The molecule has 0 saturated heterocycles. The first-order chi connectivity index (χ1) is 12.3. The van der Waals surface area contributed by atoms with Crippen molar-refractivity contribution in [3.05, 3.63) is 55.9 Å². The van der Waals surface area contributed by atoms with E-state index < -0.39 is 5.91 Å². The van der Waals surface area contributed by atoms with Crippen LogP contribution in [0.4, 0.5) is 5.95 Å². The number of H-pyrrole nitrogens is 1. The molecule has 0 atom stereocenters. The van der Waals surface area contributed by atoms with Gasteiger partial charge in [0, 0.05) is 24.9 Å². The van der Waals surface area contributed by atoms with Gasteiger partial charge < -0.3 is 4.57 Å². The minimum Gasteiger partial charge on any atom is -0.318 e. The Kier molecular flexibility index (Phi) is 4.45. The average Bonchev–Trinajstić information content (AvgIpc) is 2.96. The fraction of sp³-hybridized carbons (Fsp3) is 0.353. The van der Waals surface area contributed by atoms with Crippen molar-refractivity contribution in [2.45, 2.75) is 27.2 Å². The molecule has 3 rings (SSSR count). The van der Waals surface area contributed by atoms with Crippen LogP contribution in [0.25, 0.3) is 5.78 Å². The number of pyridine rings is 1.